The molecule has 0 unspecified atom stereocenters. The number of carbonyl (C=O) groups is 1. The number of nitriles is 1. The zero-order valence-electron chi connectivity index (χ0n) is 13.6. The van der Waals surface area contributed by atoms with Crippen molar-refractivity contribution in [2.45, 2.75) is 32.9 Å². The third-order valence-electron chi connectivity index (χ3n) is 3.83. The SMILES string of the molecule is Cc1ccccc1[C@@H](C)N[C@H](C)C(=O)Nc1ccc(C#N)cc1. The Morgan fingerprint density at radius 2 is 1.74 bits per heavy atom. The molecule has 0 bridgehead atoms. The maximum absolute atomic E-state index is 12.3. The van der Waals surface area contributed by atoms with E-state index in [4.69, 9.17) is 5.26 Å². The van der Waals surface area contributed by atoms with Gasteiger partial charge >= 0.3 is 0 Å². The minimum atomic E-state index is -0.333. The van der Waals surface area contributed by atoms with Gasteiger partial charge in [-0.2, -0.15) is 5.26 Å². The maximum atomic E-state index is 12.3. The normalized spacial score (nSPS) is 13.0. The highest BCUT2D eigenvalue weighted by Crippen LogP contribution is 2.17. The molecule has 0 aliphatic heterocycles. The predicted octanol–water partition coefficient (Wildman–Crippen LogP) is 3.54. The van der Waals surface area contributed by atoms with Crippen LogP contribution in [0.5, 0.6) is 0 Å². The molecule has 0 fully saturated rings. The largest absolute Gasteiger partial charge is 0.325 e. The molecular formula is C19H21N3O. The highest BCUT2D eigenvalue weighted by Gasteiger charge is 2.17. The van der Waals surface area contributed by atoms with Gasteiger partial charge in [0, 0.05) is 11.7 Å². The van der Waals surface area contributed by atoms with Crippen LogP contribution in [0.25, 0.3) is 0 Å². The molecule has 0 aliphatic rings. The number of aryl methyl sites for hydroxylation is 1. The fourth-order valence-electron chi connectivity index (χ4n) is 2.49. The lowest BCUT2D eigenvalue weighted by Crippen LogP contribution is -2.39. The Balaban J connectivity index is 1.97. The number of amides is 1. The standard InChI is InChI=1S/C19H21N3O/c1-13-6-4-5-7-18(13)14(2)21-15(3)19(23)22-17-10-8-16(12-20)9-11-17/h4-11,14-15,21H,1-3H3,(H,22,23)/t14-,15-/m1/s1. The monoisotopic (exact) mass is 307 g/mol. The number of hydrogen-bond donors (Lipinski definition) is 2. The zero-order chi connectivity index (χ0) is 16.8. The number of nitrogens with zero attached hydrogens (tertiary/aromatic N) is 1. The van der Waals surface area contributed by atoms with Crippen LogP contribution in [0.15, 0.2) is 48.5 Å². The Kier molecular flexibility index (Phi) is 5.51. The first-order valence-corrected chi connectivity index (χ1v) is 7.64. The Hall–Kier alpha value is -2.64. The number of nitrogens with one attached hydrogen (secondary N) is 2. The second-order valence-corrected chi connectivity index (χ2v) is 5.65. The molecule has 2 aromatic rings. The van der Waals surface area contributed by atoms with Crippen molar-refractivity contribution in [1.29, 1.82) is 5.26 Å². The van der Waals surface area contributed by atoms with Crippen molar-refractivity contribution in [3.8, 4) is 6.07 Å². The number of carbonyl (C=O) groups excluding carboxylic acids is 1. The number of benzene rings is 2. The second-order valence-electron chi connectivity index (χ2n) is 5.65. The summed E-state index contributed by atoms with van der Waals surface area (Å²) in [6.07, 6.45) is 0. The smallest absolute Gasteiger partial charge is 0.241 e. The molecule has 0 aliphatic carbocycles. The van der Waals surface area contributed by atoms with Crippen LogP contribution in [-0.4, -0.2) is 11.9 Å². The Bertz CT molecular complexity index is 716. The van der Waals surface area contributed by atoms with E-state index in [0.717, 1.165) is 0 Å². The fourth-order valence-corrected chi connectivity index (χ4v) is 2.49. The Morgan fingerprint density at radius 1 is 1.09 bits per heavy atom. The predicted molar refractivity (Wildman–Crippen MR) is 92.0 cm³/mol. The summed E-state index contributed by atoms with van der Waals surface area (Å²) in [5.74, 6) is -0.102. The van der Waals surface area contributed by atoms with Crippen LogP contribution >= 0.6 is 0 Å². The second kappa shape index (κ2) is 7.57. The molecule has 0 saturated heterocycles. The first kappa shape index (κ1) is 16.7. The minimum absolute atomic E-state index is 0.0814. The van der Waals surface area contributed by atoms with Gasteiger partial charge in [0.25, 0.3) is 0 Å². The van der Waals surface area contributed by atoms with E-state index in [2.05, 4.69) is 35.8 Å². The lowest BCUT2D eigenvalue weighted by molar-refractivity contribution is -0.117. The number of anilines is 1. The summed E-state index contributed by atoms with van der Waals surface area (Å²) >= 11 is 0. The average molecular weight is 307 g/mol. The third kappa shape index (κ3) is 4.41. The lowest BCUT2D eigenvalue weighted by Gasteiger charge is -2.21. The van der Waals surface area contributed by atoms with E-state index in [9.17, 15) is 4.79 Å². The van der Waals surface area contributed by atoms with Gasteiger partial charge in [-0.25, -0.2) is 0 Å². The Labute approximate surface area is 137 Å². The summed E-state index contributed by atoms with van der Waals surface area (Å²) in [5, 5.41) is 14.9. The molecule has 2 N–H and O–H groups in total. The molecule has 118 valence electrons. The first-order chi connectivity index (χ1) is 11.0. The van der Waals surface area contributed by atoms with E-state index in [1.165, 1.54) is 11.1 Å². The molecule has 23 heavy (non-hydrogen) atoms. The molecule has 2 rings (SSSR count). The van der Waals surface area contributed by atoms with Crippen molar-refractivity contribution >= 4 is 11.6 Å². The zero-order valence-corrected chi connectivity index (χ0v) is 13.6. The highest BCUT2D eigenvalue weighted by atomic mass is 16.2. The Morgan fingerprint density at radius 3 is 2.35 bits per heavy atom. The van der Waals surface area contributed by atoms with Gasteiger partial charge in [-0.05, 0) is 56.2 Å². The lowest BCUT2D eigenvalue weighted by atomic mass is 10.0. The van der Waals surface area contributed by atoms with Crippen LogP contribution in [-0.2, 0) is 4.79 Å². The molecule has 4 nitrogen and oxygen atoms in total. The van der Waals surface area contributed by atoms with Gasteiger partial charge in [-0.15, -0.1) is 0 Å². The van der Waals surface area contributed by atoms with Crippen molar-refractivity contribution in [2.24, 2.45) is 0 Å². The van der Waals surface area contributed by atoms with Gasteiger partial charge in [-0.3, -0.25) is 10.1 Å². The molecule has 0 saturated carbocycles. The summed E-state index contributed by atoms with van der Waals surface area (Å²) in [7, 11) is 0. The van der Waals surface area contributed by atoms with Crippen LogP contribution in [0.3, 0.4) is 0 Å². The van der Waals surface area contributed by atoms with Crippen LogP contribution in [0.4, 0.5) is 5.69 Å². The summed E-state index contributed by atoms with van der Waals surface area (Å²) in [5.41, 5.74) is 3.64. The molecule has 2 atom stereocenters. The molecule has 1 amide bonds. The van der Waals surface area contributed by atoms with E-state index in [0.29, 0.717) is 11.3 Å². The maximum Gasteiger partial charge on any atom is 0.241 e. The van der Waals surface area contributed by atoms with E-state index in [1.54, 1.807) is 24.3 Å². The van der Waals surface area contributed by atoms with Crippen molar-refractivity contribution in [3.05, 3.63) is 65.2 Å². The average Bonchev–Trinajstić information content (AvgIpc) is 2.55. The summed E-state index contributed by atoms with van der Waals surface area (Å²) in [4.78, 5) is 12.3. The van der Waals surface area contributed by atoms with Crippen LogP contribution in [0.1, 0.15) is 36.6 Å². The van der Waals surface area contributed by atoms with Crippen molar-refractivity contribution in [2.75, 3.05) is 5.32 Å². The van der Waals surface area contributed by atoms with Gasteiger partial charge in [0.1, 0.15) is 0 Å². The highest BCUT2D eigenvalue weighted by molar-refractivity contribution is 5.94. The molecular weight excluding hydrogens is 286 g/mol. The quantitative estimate of drug-likeness (QED) is 0.888. The molecule has 4 heteroatoms. The summed E-state index contributed by atoms with van der Waals surface area (Å²) in [6, 6.07) is 16.8. The van der Waals surface area contributed by atoms with Crippen LogP contribution < -0.4 is 10.6 Å². The summed E-state index contributed by atoms with van der Waals surface area (Å²) in [6.45, 7) is 5.95. The molecule has 0 aromatic heterocycles. The topological polar surface area (TPSA) is 64.9 Å². The molecule has 0 heterocycles. The first-order valence-electron chi connectivity index (χ1n) is 7.64. The number of rotatable bonds is 5. The van der Waals surface area contributed by atoms with Crippen molar-refractivity contribution in [1.82, 2.24) is 5.32 Å². The van der Waals surface area contributed by atoms with Gasteiger partial charge in [-0.1, -0.05) is 24.3 Å². The van der Waals surface area contributed by atoms with E-state index >= 15 is 0 Å². The van der Waals surface area contributed by atoms with Gasteiger partial charge in [0.05, 0.1) is 17.7 Å². The third-order valence-corrected chi connectivity index (χ3v) is 3.83. The molecule has 0 spiro atoms. The van der Waals surface area contributed by atoms with E-state index < -0.39 is 0 Å². The van der Waals surface area contributed by atoms with Crippen molar-refractivity contribution < 1.29 is 4.79 Å². The molecule has 0 radical (unpaired) electrons. The minimum Gasteiger partial charge on any atom is -0.325 e. The number of hydrogen-bond acceptors (Lipinski definition) is 3. The van der Waals surface area contributed by atoms with E-state index in [1.807, 2.05) is 26.0 Å². The molecule has 2 aromatic carbocycles. The van der Waals surface area contributed by atoms with Crippen molar-refractivity contribution in [3.63, 3.8) is 0 Å². The van der Waals surface area contributed by atoms with Gasteiger partial charge in [0.15, 0.2) is 0 Å². The van der Waals surface area contributed by atoms with E-state index in [-0.39, 0.29) is 18.0 Å². The van der Waals surface area contributed by atoms with Gasteiger partial charge in [0.2, 0.25) is 5.91 Å². The fraction of sp³-hybridized carbons (Fsp3) is 0.263. The summed E-state index contributed by atoms with van der Waals surface area (Å²) < 4.78 is 0. The van der Waals surface area contributed by atoms with Crippen LogP contribution in [0, 0.1) is 18.3 Å². The van der Waals surface area contributed by atoms with Crippen LogP contribution in [0.2, 0.25) is 0 Å². The van der Waals surface area contributed by atoms with Gasteiger partial charge < -0.3 is 5.32 Å².